The summed E-state index contributed by atoms with van der Waals surface area (Å²) in [4.78, 5) is 13.7. The first-order valence-corrected chi connectivity index (χ1v) is 15.3. The minimum absolute atomic E-state index is 0.0112. The van der Waals surface area contributed by atoms with Gasteiger partial charge in [-0.05, 0) is 61.4 Å². The van der Waals surface area contributed by atoms with Crippen LogP contribution in [0.3, 0.4) is 0 Å². The molecule has 8 rings (SSSR count). The maximum absolute atomic E-state index is 17.2. The van der Waals surface area contributed by atoms with Crippen molar-refractivity contribution < 1.29 is 23.0 Å². The number of hydrogen-bond acceptors (Lipinski definition) is 7. The van der Waals surface area contributed by atoms with Crippen LogP contribution in [-0.2, 0) is 7.05 Å². The third kappa shape index (κ3) is 4.30. The summed E-state index contributed by atoms with van der Waals surface area (Å²) in [5.41, 5.74) is 0.0831. The summed E-state index contributed by atoms with van der Waals surface area (Å²) < 4.78 is 54.6. The Bertz CT molecular complexity index is 2070. The number of aromatic nitrogens is 4. The predicted molar refractivity (Wildman–Crippen MR) is 166 cm³/mol. The molecular weight excluding hydrogens is 581 g/mol. The van der Waals surface area contributed by atoms with Crippen LogP contribution in [0.25, 0.3) is 43.7 Å². The van der Waals surface area contributed by atoms with Crippen molar-refractivity contribution in [3.05, 3.63) is 47.7 Å². The SMILES string of the molecule is C#Cc1c(F)ccc2cc(O)cc(-c3c(F)c4nc(OCC56CCCN5C[C@H](F)C6)nc(N5CCCC5)c4c4cn(C)nc34)c12. The standard InChI is InChI=1S/C34H31F3N6O2/c1-3-22-25(36)8-7-19-13-21(44)14-23(26(19)22)27-29(37)31-28(24-17-41(2)40-30(24)27)32(42-10-4-5-11-42)39-33(38-31)45-18-34-9-6-12-43(34)16-20(35)15-34/h1,7-8,13-14,17,20,44H,4-6,9-12,15-16,18H2,2H3/t20-,34?/m1/s1. The van der Waals surface area contributed by atoms with E-state index in [4.69, 9.17) is 16.1 Å². The molecule has 1 N–H and O–H groups in total. The number of halogens is 3. The minimum atomic E-state index is -0.916. The molecule has 0 radical (unpaired) electrons. The van der Waals surface area contributed by atoms with Gasteiger partial charge in [-0.25, -0.2) is 13.2 Å². The first kappa shape index (κ1) is 28.0. The van der Waals surface area contributed by atoms with Crippen molar-refractivity contribution in [1.29, 1.82) is 0 Å². The van der Waals surface area contributed by atoms with Gasteiger partial charge in [0.2, 0.25) is 0 Å². The Balaban J connectivity index is 1.39. The van der Waals surface area contributed by atoms with Gasteiger partial charge in [-0.2, -0.15) is 15.1 Å². The van der Waals surface area contributed by atoms with Gasteiger partial charge in [0.1, 0.15) is 41.2 Å². The second-order valence-electron chi connectivity index (χ2n) is 12.5. The van der Waals surface area contributed by atoms with Crippen molar-refractivity contribution in [3.63, 3.8) is 0 Å². The molecule has 5 heterocycles. The molecule has 0 amide bonds. The van der Waals surface area contributed by atoms with E-state index in [0.717, 1.165) is 45.3 Å². The zero-order valence-corrected chi connectivity index (χ0v) is 24.8. The van der Waals surface area contributed by atoms with Gasteiger partial charge in [0.05, 0.1) is 16.5 Å². The molecule has 230 valence electrons. The number of phenols is 1. The summed E-state index contributed by atoms with van der Waals surface area (Å²) in [6, 6.07) is 5.58. The van der Waals surface area contributed by atoms with Gasteiger partial charge in [-0.1, -0.05) is 12.0 Å². The van der Waals surface area contributed by atoms with E-state index in [2.05, 4.69) is 25.8 Å². The van der Waals surface area contributed by atoms with Crippen LogP contribution in [0.1, 0.15) is 37.7 Å². The molecule has 0 saturated carbocycles. The molecule has 1 unspecified atom stereocenters. The number of ether oxygens (including phenoxy) is 1. The van der Waals surface area contributed by atoms with Gasteiger partial charge in [-0.3, -0.25) is 9.58 Å². The topological polar surface area (TPSA) is 79.5 Å². The van der Waals surface area contributed by atoms with E-state index < -0.39 is 23.3 Å². The van der Waals surface area contributed by atoms with Crippen molar-refractivity contribution in [3.8, 4) is 35.2 Å². The highest BCUT2D eigenvalue weighted by Crippen LogP contribution is 2.45. The number of aryl methyl sites for hydroxylation is 1. The van der Waals surface area contributed by atoms with Gasteiger partial charge < -0.3 is 14.7 Å². The summed E-state index contributed by atoms with van der Waals surface area (Å²) >= 11 is 0. The molecule has 5 aromatic rings. The van der Waals surface area contributed by atoms with Gasteiger partial charge in [0.15, 0.2) is 5.82 Å². The lowest BCUT2D eigenvalue weighted by Gasteiger charge is -2.31. The zero-order chi connectivity index (χ0) is 31.0. The Morgan fingerprint density at radius 1 is 1.09 bits per heavy atom. The summed E-state index contributed by atoms with van der Waals surface area (Å²) in [7, 11) is 1.74. The Morgan fingerprint density at radius 3 is 2.71 bits per heavy atom. The van der Waals surface area contributed by atoms with Crippen LogP contribution in [0.5, 0.6) is 11.8 Å². The molecule has 8 nitrogen and oxygen atoms in total. The van der Waals surface area contributed by atoms with Crippen LogP contribution in [0.15, 0.2) is 30.5 Å². The van der Waals surface area contributed by atoms with Gasteiger partial charge >= 0.3 is 6.01 Å². The van der Waals surface area contributed by atoms with E-state index in [0.29, 0.717) is 40.5 Å². The number of anilines is 1. The number of benzene rings is 3. The van der Waals surface area contributed by atoms with Gasteiger partial charge in [0, 0.05) is 55.6 Å². The molecule has 3 saturated heterocycles. The van der Waals surface area contributed by atoms with Crippen LogP contribution in [0.4, 0.5) is 19.0 Å². The van der Waals surface area contributed by atoms with Gasteiger partial charge in [0.25, 0.3) is 0 Å². The Morgan fingerprint density at radius 2 is 1.91 bits per heavy atom. The molecule has 3 fully saturated rings. The quantitative estimate of drug-likeness (QED) is 0.249. The lowest BCUT2D eigenvalue weighted by atomic mass is 9.91. The summed E-state index contributed by atoms with van der Waals surface area (Å²) in [6.45, 7) is 2.87. The molecule has 3 aromatic carbocycles. The van der Waals surface area contributed by atoms with Crippen molar-refractivity contribution in [2.45, 2.75) is 43.8 Å². The predicted octanol–water partition coefficient (Wildman–Crippen LogP) is 5.86. The maximum Gasteiger partial charge on any atom is 0.319 e. The molecule has 0 bridgehead atoms. The summed E-state index contributed by atoms with van der Waals surface area (Å²) in [5.74, 6) is 1.47. The molecule has 3 aliphatic heterocycles. The number of rotatable bonds is 5. The average Bonchev–Trinajstić information content (AvgIpc) is 3.80. The number of phenolic OH excluding ortho intramolecular Hbond substituents is 1. The monoisotopic (exact) mass is 612 g/mol. The Hall–Kier alpha value is -4.56. The minimum Gasteiger partial charge on any atom is -0.508 e. The van der Waals surface area contributed by atoms with Crippen LogP contribution in [0.2, 0.25) is 0 Å². The molecule has 3 aliphatic rings. The molecule has 0 spiro atoms. The van der Waals surface area contributed by atoms with E-state index in [9.17, 15) is 9.50 Å². The average molecular weight is 613 g/mol. The van der Waals surface area contributed by atoms with Crippen LogP contribution in [-0.4, -0.2) is 74.3 Å². The second kappa shape index (κ2) is 10.2. The van der Waals surface area contributed by atoms with Crippen molar-refractivity contribution in [2.24, 2.45) is 7.05 Å². The van der Waals surface area contributed by atoms with Crippen molar-refractivity contribution >= 4 is 38.4 Å². The largest absolute Gasteiger partial charge is 0.508 e. The molecule has 0 aliphatic carbocycles. The molecule has 11 heteroatoms. The third-order valence-corrected chi connectivity index (χ3v) is 9.73. The van der Waals surface area contributed by atoms with E-state index >= 15 is 8.78 Å². The third-order valence-electron chi connectivity index (χ3n) is 9.73. The summed E-state index contributed by atoms with van der Waals surface area (Å²) in [6.07, 6.45) is 10.7. The highest BCUT2D eigenvalue weighted by molar-refractivity contribution is 6.18. The number of terminal acetylenes is 1. The van der Waals surface area contributed by atoms with E-state index in [1.54, 1.807) is 17.9 Å². The lowest BCUT2D eigenvalue weighted by molar-refractivity contribution is 0.107. The van der Waals surface area contributed by atoms with Crippen LogP contribution >= 0.6 is 0 Å². The number of aromatic hydroxyl groups is 1. The highest BCUT2D eigenvalue weighted by atomic mass is 19.1. The fourth-order valence-corrected chi connectivity index (χ4v) is 7.79. The van der Waals surface area contributed by atoms with E-state index in [1.165, 1.54) is 24.3 Å². The Kier molecular flexibility index (Phi) is 6.36. The Labute approximate surface area is 257 Å². The smallest absolute Gasteiger partial charge is 0.319 e. The van der Waals surface area contributed by atoms with Crippen LogP contribution < -0.4 is 9.64 Å². The number of nitrogens with zero attached hydrogens (tertiary/aromatic N) is 6. The molecule has 45 heavy (non-hydrogen) atoms. The fraction of sp³-hybridized carbons (Fsp3) is 0.382. The lowest BCUT2D eigenvalue weighted by Crippen LogP contribution is -2.43. The molecule has 2 aromatic heterocycles. The van der Waals surface area contributed by atoms with Crippen molar-refractivity contribution in [2.75, 3.05) is 37.7 Å². The number of fused-ring (bicyclic) bond motifs is 5. The molecular formula is C34H31F3N6O2. The normalized spacial score (nSPS) is 21.8. The molecule has 2 atom stereocenters. The van der Waals surface area contributed by atoms with E-state index in [1.807, 2.05) is 0 Å². The zero-order valence-electron chi connectivity index (χ0n) is 24.8. The second-order valence-corrected chi connectivity index (χ2v) is 12.5. The summed E-state index contributed by atoms with van der Waals surface area (Å²) in [5, 5.41) is 17.2. The van der Waals surface area contributed by atoms with Crippen molar-refractivity contribution in [1.82, 2.24) is 24.6 Å². The van der Waals surface area contributed by atoms with Gasteiger partial charge in [-0.15, -0.1) is 6.42 Å². The first-order chi connectivity index (χ1) is 21.8. The maximum atomic E-state index is 17.2. The van der Waals surface area contributed by atoms with E-state index in [-0.39, 0.29) is 46.0 Å². The first-order valence-electron chi connectivity index (χ1n) is 15.3. The highest BCUT2D eigenvalue weighted by Gasteiger charge is 2.49. The van der Waals surface area contributed by atoms with Crippen LogP contribution in [0, 0.1) is 24.0 Å². The fourth-order valence-electron chi connectivity index (χ4n) is 7.79. The number of alkyl halides is 1. The number of hydrogen-bond donors (Lipinski definition) is 1.